The highest BCUT2D eigenvalue weighted by molar-refractivity contribution is 5.97. The van der Waals surface area contributed by atoms with Crippen LogP contribution >= 0.6 is 0 Å². The van der Waals surface area contributed by atoms with E-state index in [2.05, 4.69) is 29.0 Å². The smallest absolute Gasteiger partial charge is 0.267 e. The second kappa shape index (κ2) is 9.33. The Hall–Kier alpha value is -2.84. The Morgan fingerprint density at radius 3 is 2.29 bits per heavy atom. The Morgan fingerprint density at radius 1 is 1.17 bits per heavy atom. The standard InChI is InChI=1S/C17H19N3O4/c1-11(21)5-3-4-6-13-7-9-14(10-8-13)16(22)19-15(12(2)18)17(23)20-24/h7-12,15,21,24H,18H2,1-2H3,(H,19,22)(H,20,23)/t11-,12+,15-/m0/s1. The monoisotopic (exact) mass is 329 g/mol. The lowest BCUT2D eigenvalue weighted by Crippen LogP contribution is -2.54. The summed E-state index contributed by atoms with van der Waals surface area (Å²) in [7, 11) is 0. The van der Waals surface area contributed by atoms with Crippen LogP contribution in [0, 0.1) is 23.7 Å². The lowest BCUT2D eigenvalue weighted by Gasteiger charge is -2.19. The molecule has 6 N–H and O–H groups in total. The molecule has 0 unspecified atom stereocenters. The van der Waals surface area contributed by atoms with Crippen molar-refractivity contribution in [2.45, 2.75) is 32.0 Å². The number of amides is 2. The van der Waals surface area contributed by atoms with Crippen LogP contribution in [0.5, 0.6) is 0 Å². The third-order valence-electron chi connectivity index (χ3n) is 2.90. The predicted octanol–water partition coefficient (Wildman–Crippen LogP) is -0.627. The number of hydroxylamine groups is 1. The van der Waals surface area contributed by atoms with Gasteiger partial charge in [-0.1, -0.05) is 11.8 Å². The fraction of sp³-hybridized carbons (Fsp3) is 0.294. The molecule has 2 amide bonds. The van der Waals surface area contributed by atoms with Gasteiger partial charge in [0.1, 0.15) is 12.1 Å². The van der Waals surface area contributed by atoms with Gasteiger partial charge in [-0.05, 0) is 50.0 Å². The van der Waals surface area contributed by atoms with Crippen LogP contribution in [0.3, 0.4) is 0 Å². The number of rotatable bonds is 4. The molecule has 1 aromatic rings. The summed E-state index contributed by atoms with van der Waals surface area (Å²) in [5.74, 6) is 9.05. The lowest BCUT2D eigenvalue weighted by molar-refractivity contribution is -0.131. The number of aliphatic hydroxyl groups is 1. The van der Waals surface area contributed by atoms with Crippen molar-refractivity contribution in [3.63, 3.8) is 0 Å². The van der Waals surface area contributed by atoms with Crippen LogP contribution < -0.4 is 16.5 Å². The van der Waals surface area contributed by atoms with Crippen molar-refractivity contribution in [1.29, 1.82) is 0 Å². The number of carbonyl (C=O) groups is 2. The molecule has 1 rings (SSSR count). The number of hydrogen-bond acceptors (Lipinski definition) is 5. The van der Waals surface area contributed by atoms with Crippen LogP contribution in [0.25, 0.3) is 0 Å². The van der Waals surface area contributed by atoms with E-state index in [1.54, 1.807) is 12.1 Å². The number of hydrogen-bond donors (Lipinski definition) is 5. The largest absolute Gasteiger partial charge is 0.381 e. The molecule has 0 saturated carbocycles. The number of nitrogens with two attached hydrogens (primary N) is 1. The third kappa shape index (κ3) is 6.11. The summed E-state index contributed by atoms with van der Waals surface area (Å²) in [6.07, 6.45) is -0.737. The SMILES string of the molecule is C[C@H](O)C#CC#Cc1ccc(C(=O)N[C@H](C(=O)NO)[C@@H](C)N)cc1. The van der Waals surface area contributed by atoms with Crippen LogP contribution in [0.4, 0.5) is 0 Å². The molecule has 1 aromatic carbocycles. The molecule has 0 aliphatic heterocycles. The second-order valence-electron chi connectivity index (χ2n) is 5.06. The van der Waals surface area contributed by atoms with E-state index in [9.17, 15) is 9.59 Å². The maximum Gasteiger partial charge on any atom is 0.267 e. The molecule has 7 heteroatoms. The fourth-order valence-electron chi connectivity index (χ4n) is 1.68. The molecule has 24 heavy (non-hydrogen) atoms. The van der Waals surface area contributed by atoms with Gasteiger partial charge in [0.25, 0.3) is 11.8 Å². The van der Waals surface area contributed by atoms with Gasteiger partial charge >= 0.3 is 0 Å². The number of aliphatic hydroxyl groups excluding tert-OH is 1. The molecule has 0 heterocycles. The molecule has 0 aromatic heterocycles. The van der Waals surface area contributed by atoms with Gasteiger partial charge in [-0.15, -0.1) is 0 Å². The van der Waals surface area contributed by atoms with Gasteiger partial charge in [0.2, 0.25) is 0 Å². The van der Waals surface area contributed by atoms with E-state index in [0.29, 0.717) is 11.1 Å². The van der Waals surface area contributed by atoms with Crippen LogP contribution in [0.15, 0.2) is 24.3 Å². The van der Waals surface area contributed by atoms with Gasteiger partial charge in [-0.25, -0.2) is 5.48 Å². The van der Waals surface area contributed by atoms with Crippen molar-refractivity contribution in [3.8, 4) is 23.7 Å². The molecule has 126 valence electrons. The fourth-order valence-corrected chi connectivity index (χ4v) is 1.68. The summed E-state index contributed by atoms with van der Waals surface area (Å²) in [5, 5.41) is 20.1. The maximum absolute atomic E-state index is 12.1. The Bertz CT molecular complexity index is 703. The molecule has 0 bridgehead atoms. The summed E-state index contributed by atoms with van der Waals surface area (Å²) < 4.78 is 0. The first-order chi connectivity index (χ1) is 11.3. The third-order valence-corrected chi connectivity index (χ3v) is 2.90. The zero-order valence-electron chi connectivity index (χ0n) is 13.3. The van der Waals surface area contributed by atoms with Crippen molar-refractivity contribution in [2.75, 3.05) is 0 Å². The van der Waals surface area contributed by atoms with Crippen molar-refractivity contribution >= 4 is 11.8 Å². The zero-order chi connectivity index (χ0) is 18.1. The van der Waals surface area contributed by atoms with Gasteiger partial charge in [-0.3, -0.25) is 14.8 Å². The first-order valence-electron chi connectivity index (χ1n) is 7.15. The van der Waals surface area contributed by atoms with Crippen molar-refractivity contribution in [2.24, 2.45) is 5.73 Å². The molecule has 7 nitrogen and oxygen atoms in total. The van der Waals surface area contributed by atoms with Gasteiger partial charge < -0.3 is 16.2 Å². The van der Waals surface area contributed by atoms with Crippen LogP contribution in [0.2, 0.25) is 0 Å². The van der Waals surface area contributed by atoms with E-state index in [0.717, 1.165) is 0 Å². The number of benzene rings is 1. The molecule has 0 aliphatic carbocycles. The molecule has 0 saturated heterocycles. The first kappa shape index (κ1) is 19.2. The van der Waals surface area contributed by atoms with Crippen molar-refractivity contribution in [1.82, 2.24) is 10.8 Å². The topological polar surface area (TPSA) is 125 Å². The summed E-state index contributed by atoms with van der Waals surface area (Å²) >= 11 is 0. The van der Waals surface area contributed by atoms with Crippen LogP contribution in [-0.2, 0) is 4.79 Å². The Balaban J connectivity index is 2.80. The van der Waals surface area contributed by atoms with Crippen LogP contribution in [-0.4, -0.2) is 40.3 Å². The van der Waals surface area contributed by atoms with Crippen molar-refractivity contribution < 1.29 is 19.9 Å². The normalized spacial score (nSPS) is 13.2. The zero-order valence-corrected chi connectivity index (χ0v) is 13.3. The van der Waals surface area contributed by atoms with E-state index in [4.69, 9.17) is 16.0 Å². The quantitative estimate of drug-likeness (QED) is 0.286. The van der Waals surface area contributed by atoms with E-state index in [-0.39, 0.29) is 0 Å². The van der Waals surface area contributed by atoms with Gasteiger partial charge in [-0.2, -0.15) is 0 Å². The van der Waals surface area contributed by atoms with E-state index in [1.807, 2.05) is 0 Å². The van der Waals surface area contributed by atoms with Gasteiger partial charge in [0, 0.05) is 17.2 Å². The molecule has 0 fully saturated rings. The van der Waals surface area contributed by atoms with Gasteiger partial charge in [0.05, 0.1) is 0 Å². The van der Waals surface area contributed by atoms with Gasteiger partial charge in [0.15, 0.2) is 0 Å². The number of nitrogens with one attached hydrogen (secondary N) is 2. The summed E-state index contributed by atoms with van der Waals surface area (Å²) in [6, 6.07) is 4.59. The predicted molar refractivity (Wildman–Crippen MR) is 87.6 cm³/mol. The highest BCUT2D eigenvalue weighted by Gasteiger charge is 2.24. The highest BCUT2D eigenvalue weighted by Crippen LogP contribution is 2.04. The molecule has 0 radical (unpaired) electrons. The Kier molecular flexibility index (Phi) is 7.47. The van der Waals surface area contributed by atoms with E-state index >= 15 is 0 Å². The molecular weight excluding hydrogens is 310 g/mol. The summed E-state index contributed by atoms with van der Waals surface area (Å²) in [6.45, 7) is 3.07. The first-order valence-corrected chi connectivity index (χ1v) is 7.15. The van der Waals surface area contributed by atoms with E-state index in [1.165, 1.54) is 31.5 Å². The minimum Gasteiger partial charge on any atom is -0.381 e. The Morgan fingerprint density at radius 2 is 1.79 bits per heavy atom. The summed E-state index contributed by atoms with van der Waals surface area (Å²) in [4.78, 5) is 23.6. The van der Waals surface area contributed by atoms with E-state index < -0.39 is 30.0 Å². The van der Waals surface area contributed by atoms with Crippen molar-refractivity contribution in [3.05, 3.63) is 35.4 Å². The highest BCUT2D eigenvalue weighted by atomic mass is 16.5. The summed E-state index contributed by atoms with van der Waals surface area (Å²) in [5.41, 5.74) is 8.04. The molecule has 0 spiro atoms. The molecular formula is C17H19N3O4. The molecule has 3 atom stereocenters. The minimum atomic E-state index is -1.06. The minimum absolute atomic E-state index is 0.312. The lowest BCUT2D eigenvalue weighted by atomic mass is 10.1. The average molecular weight is 329 g/mol. The average Bonchev–Trinajstić information content (AvgIpc) is 2.55. The maximum atomic E-state index is 12.1. The Labute approximate surface area is 140 Å². The van der Waals surface area contributed by atoms with Crippen LogP contribution in [0.1, 0.15) is 29.8 Å². The molecule has 0 aliphatic rings. The second-order valence-corrected chi connectivity index (χ2v) is 5.06. The number of carbonyl (C=O) groups excluding carboxylic acids is 2.